The lowest BCUT2D eigenvalue weighted by Crippen LogP contribution is -2.19. The Hall–Kier alpha value is -2.87. The van der Waals surface area contributed by atoms with Gasteiger partial charge in [-0.1, -0.05) is 35.3 Å². The Balaban J connectivity index is 1.64. The smallest absolute Gasteiger partial charge is 0.264 e. The van der Waals surface area contributed by atoms with Gasteiger partial charge in [0.2, 0.25) is 0 Å². The molecule has 1 saturated heterocycles. The van der Waals surface area contributed by atoms with Gasteiger partial charge in [-0.15, -0.1) is 0 Å². The highest BCUT2D eigenvalue weighted by molar-refractivity contribution is 8.18. The normalized spacial score (nSPS) is 16.3. The zero-order chi connectivity index (χ0) is 21.3. The first-order valence-electron chi connectivity index (χ1n) is 8.80. The second kappa shape index (κ2) is 8.47. The summed E-state index contributed by atoms with van der Waals surface area (Å²) >= 11 is 13.5. The molecule has 1 fully saturated rings. The SMILES string of the molecule is CNC(=O)c1cnc2ccc(/C=C3\SC(=Nc4c(Cl)cccc4Cl)NC3=O)cc2c1. The van der Waals surface area contributed by atoms with Gasteiger partial charge in [0.25, 0.3) is 11.8 Å². The average Bonchev–Trinajstić information content (AvgIpc) is 3.08. The summed E-state index contributed by atoms with van der Waals surface area (Å²) in [6.45, 7) is 0. The van der Waals surface area contributed by atoms with E-state index in [4.69, 9.17) is 23.2 Å². The van der Waals surface area contributed by atoms with Gasteiger partial charge in [-0.3, -0.25) is 14.6 Å². The van der Waals surface area contributed by atoms with Gasteiger partial charge in [0, 0.05) is 18.6 Å². The second-order valence-electron chi connectivity index (χ2n) is 6.31. The van der Waals surface area contributed by atoms with E-state index < -0.39 is 0 Å². The van der Waals surface area contributed by atoms with Crippen molar-refractivity contribution in [3.8, 4) is 0 Å². The van der Waals surface area contributed by atoms with E-state index in [1.807, 2.05) is 18.2 Å². The third kappa shape index (κ3) is 4.18. The first-order valence-corrected chi connectivity index (χ1v) is 10.4. The van der Waals surface area contributed by atoms with E-state index in [-0.39, 0.29) is 11.8 Å². The van der Waals surface area contributed by atoms with E-state index >= 15 is 0 Å². The number of hydrogen-bond donors (Lipinski definition) is 2. The minimum absolute atomic E-state index is 0.210. The van der Waals surface area contributed by atoms with E-state index in [0.29, 0.717) is 31.4 Å². The molecule has 1 aliphatic heterocycles. The van der Waals surface area contributed by atoms with Crippen LogP contribution in [0.1, 0.15) is 15.9 Å². The molecule has 0 spiro atoms. The Morgan fingerprint density at radius 3 is 2.70 bits per heavy atom. The lowest BCUT2D eigenvalue weighted by atomic mass is 10.1. The summed E-state index contributed by atoms with van der Waals surface area (Å²) in [7, 11) is 1.57. The Labute approximate surface area is 186 Å². The zero-order valence-corrected chi connectivity index (χ0v) is 17.9. The molecule has 0 atom stereocenters. The Kier molecular flexibility index (Phi) is 5.76. The van der Waals surface area contributed by atoms with Crippen LogP contribution in [-0.4, -0.2) is 29.0 Å². The van der Waals surface area contributed by atoms with Crippen LogP contribution in [-0.2, 0) is 4.79 Å². The number of nitrogens with one attached hydrogen (secondary N) is 2. The Bertz CT molecular complexity index is 1240. The van der Waals surface area contributed by atoms with Crippen LogP contribution in [0, 0.1) is 0 Å². The third-order valence-corrected chi connectivity index (χ3v) is 5.81. The van der Waals surface area contributed by atoms with Crippen molar-refractivity contribution in [1.29, 1.82) is 0 Å². The van der Waals surface area contributed by atoms with Crippen LogP contribution in [0.25, 0.3) is 17.0 Å². The second-order valence-corrected chi connectivity index (χ2v) is 8.15. The quantitative estimate of drug-likeness (QED) is 0.554. The number of para-hydroxylation sites is 1. The van der Waals surface area contributed by atoms with Gasteiger partial charge in [-0.05, 0) is 53.7 Å². The van der Waals surface area contributed by atoms with Gasteiger partial charge in [-0.2, -0.15) is 0 Å². The molecular formula is C21H14Cl2N4O2S. The van der Waals surface area contributed by atoms with Crippen molar-refractivity contribution in [1.82, 2.24) is 15.6 Å². The summed E-state index contributed by atoms with van der Waals surface area (Å²) in [6, 6.07) is 12.4. The van der Waals surface area contributed by atoms with Gasteiger partial charge in [-0.25, -0.2) is 4.99 Å². The zero-order valence-electron chi connectivity index (χ0n) is 15.6. The lowest BCUT2D eigenvalue weighted by molar-refractivity contribution is -0.115. The van der Waals surface area contributed by atoms with Gasteiger partial charge in [0.05, 0.1) is 26.0 Å². The summed E-state index contributed by atoms with van der Waals surface area (Å²) in [5.74, 6) is -0.475. The minimum atomic E-state index is -0.265. The molecule has 0 radical (unpaired) electrons. The minimum Gasteiger partial charge on any atom is -0.355 e. The number of rotatable bonds is 3. The maximum Gasteiger partial charge on any atom is 0.264 e. The fraction of sp³-hybridized carbons (Fsp3) is 0.0476. The molecule has 0 aliphatic carbocycles. The number of hydrogen-bond acceptors (Lipinski definition) is 5. The number of aromatic nitrogens is 1. The van der Waals surface area contributed by atoms with Crippen LogP contribution in [0.2, 0.25) is 10.0 Å². The standard InChI is InChI=1S/C21H14Cl2N4O2S/c1-24-19(28)13-9-12-7-11(5-6-16(12)25-10-13)8-17-20(29)27-21(30-17)26-18-14(22)3-2-4-15(18)23/h2-10H,1H3,(H,24,28)(H,26,27,29)/b17-8-. The summed E-state index contributed by atoms with van der Waals surface area (Å²) in [4.78, 5) is 33.4. The number of halogens is 2. The van der Waals surface area contributed by atoms with Crippen LogP contribution in [0.15, 0.2) is 58.6 Å². The number of pyridine rings is 1. The van der Waals surface area contributed by atoms with E-state index in [0.717, 1.165) is 16.5 Å². The molecule has 2 aromatic carbocycles. The molecule has 2 amide bonds. The molecule has 30 heavy (non-hydrogen) atoms. The Morgan fingerprint density at radius 2 is 1.97 bits per heavy atom. The molecule has 1 aliphatic rings. The fourth-order valence-electron chi connectivity index (χ4n) is 2.84. The molecule has 9 heteroatoms. The molecule has 0 bridgehead atoms. The van der Waals surface area contributed by atoms with E-state index in [1.165, 1.54) is 18.0 Å². The number of carbonyl (C=O) groups excluding carboxylic acids is 2. The number of nitrogens with zero attached hydrogens (tertiary/aromatic N) is 2. The number of amidine groups is 1. The number of thioether (sulfide) groups is 1. The van der Waals surface area contributed by atoms with Crippen molar-refractivity contribution >= 4 is 74.6 Å². The molecule has 4 rings (SSSR count). The monoisotopic (exact) mass is 456 g/mol. The average molecular weight is 457 g/mol. The predicted molar refractivity (Wildman–Crippen MR) is 122 cm³/mol. The number of aliphatic imine (C=N–C) groups is 1. The predicted octanol–water partition coefficient (Wildman–Crippen LogP) is 4.79. The highest BCUT2D eigenvalue weighted by Crippen LogP contribution is 2.35. The number of amides is 2. The summed E-state index contributed by atoms with van der Waals surface area (Å²) < 4.78 is 0. The Morgan fingerprint density at radius 1 is 1.20 bits per heavy atom. The highest BCUT2D eigenvalue weighted by atomic mass is 35.5. The van der Waals surface area contributed by atoms with Gasteiger partial charge in [0.15, 0.2) is 5.17 Å². The number of fused-ring (bicyclic) bond motifs is 1. The molecule has 150 valence electrons. The van der Waals surface area contributed by atoms with Gasteiger partial charge in [0.1, 0.15) is 5.69 Å². The fourth-order valence-corrected chi connectivity index (χ4v) is 4.15. The lowest BCUT2D eigenvalue weighted by Gasteiger charge is -2.03. The molecule has 6 nitrogen and oxygen atoms in total. The highest BCUT2D eigenvalue weighted by Gasteiger charge is 2.24. The van der Waals surface area contributed by atoms with Crippen LogP contribution in [0.5, 0.6) is 0 Å². The van der Waals surface area contributed by atoms with Crippen molar-refractivity contribution in [3.05, 3.63) is 74.7 Å². The summed E-state index contributed by atoms with van der Waals surface area (Å²) in [5, 5.41) is 7.29. The molecule has 0 saturated carbocycles. The van der Waals surface area contributed by atoms with Gasteiger partial charge < -0.3 is 10.6 Å². The van der Waals surface area contributed by atoms with Crippen LogP contribution in [0.3, 0.4) is 0 Å². The van der Waals surface area contributed by atoms with E-state index in [2.05, 4.69) is 20.6 Å². The molecule has 1 aromatic heterocycles. The molecule has 2 heterocycles. The van der Waals surface area contributed by atoms with Crippen molar-refractivity contribution in [2.24, 2.45) is 4.99 Å². The molecule has 3 aromatic rings. The topological polar surface area (TPSA) is 83.4 Å². The van der Waals surface area contributed by atoms with Crippen molar-refractivity contribution in [2.45, 2.75) is 0 Å². The van der Waals surface area contributed by atoms with E-state index in [9.17, 15) is 9.59 Å². The third-order valence-electron chi connectivity index (χ3n) is 4.29. The van der Waals surface area contributed by atoms with E-state index in [1.54, 1.807) is 37.4 Å². The van der Waals surface area contributed by atoms with Crippen molar-refractivity contribution in [2.75, 3.05) is 7.05 Å². The maximum absolute atomic E-state index is 12.4. The van der Waals surface area contributed by atoms with Crippen molar-refractivity contribution < 1.29 is 9.59 Å². The largest absolute Gasteiger partial charge is 0.355 e. The first kappa shape index (κ1) is 20.4. The molecule has 2 N–H and O–H groups in total. The summed E-state index contributed by atoms with van der Waals surface area (Å²) in [5.41, 5.74) is 2.43. The summed E-state index contributed by atoms with van der Waals surface area (Å²) in [6.07, 6.45) is 3.28. The number of carbonyl (C=O) groups is 2. The molecule has 0 unspecified atom stereocenters. The van der Waals surface area contributed by atoms with Gasteiger partial charge >= 0.3 is 0 Å². The first-order chi connectivity index (χ1) is 14.4. The van der Waals surface area contributed by atoms with Crippen LogP contribution in [0.4, 0.5) is 5.69 Å². The van der Waals surface area contributed by atoms with Crippen LogP contribution < -0.4 is 10.6 Å². The van der Waals surface area contributed by atoms with Crippen molar-refractivity contribution in [3.63, 3.8) is 0 Å². The number of benzene rings is 2. The maximum atomic E-state index is 12.4. The van der Waals surface area contributed by atoms with Crippen LogP contribution >= 0.6 is 35.0 Å². The molecular weight excluding hydrogens is 443 g/mol.